The van der Waals surface area contributed by atoms with Gasteiger partial charge in [0, 0.05) is 18.9 Å². The third kappa shape index (κ3) is 4.14. The Balaban J connectivity index is 1.46. The van der Waals surface area contributed by atoms with E-state index in [1.807, 2.05) is 36.5 Å². The highest BCUT2D eigenvalue weighted by Crippen LogP contribution is 2.25. The number of amides is 1. The minimum Gasteiger partial charge on any atom is -0.377 e. The van der Waals surface area contributed by atoms with Crippen LogP contribution in [0.25, 0.3) is 11.4 Å². The fraction of sp³-hybridized carbons (Fsp3) is 0.250. The molecular formula is C24H23FN6O2. The summed E-state index contributed by atoms with van der Waals surface area (Å²) in [6.07, 6.45) is 7.17. The molecule has 0 aliphatic carbocycles. The van der Waals surface area contributed by atoms with E-state index >= 15 is 4.39 Å². The van der Waals surface area contributed by atoms with E-state index in [4.69, 9.17) is 4.74 Å². The summed E-state index contributed by atoms with van der Waals surface area (Å²) in [6.45, 7) is 2.80. The van der Waals surface area contributed by atoms with Gasteiger partial charge in [0.25, 0.3) is 5.91 Å². The van der Waals surface area contributed by atoms with Gasteiger partial charge >= 0.3 is 0 Å². The Kier molecular flexibility index (Phi) is 5.70. The van der Waals surface area contributed by atoms with Crippen molar-refractivity contribution in [2.75, 3.05) is 19.8 Å². The summed E-state index contributed by atoms with van der Waals surface area (Å²) in [6, 6.07) is 12.9. The molecule has 1 amide bonds. The number of rotatable bonds is 5. The number of carbonyl (C=O) groups is 1. The van der Waals surface area contributed by atoms with Crippen LogP contribution in [0.4, 0.5) is 4.39 Å². The molecule has 3 heterocycles. The number of benzene rings is 2. The van der Waals surface area contributed by atoms with E-state index in [9.17, 15) is 4.79 Å². The van der Waals surface area contributed by atoms with Gasteiger partial charge in [-0.1, -0.05) is 18.2 Å². The Bertz CT molecular complexity index is 1260. The van der Waals surface area contributed by atoms with Gasteiger partial charge in [0.2, 0.25) is 0 Å². The van der Waals surface area contributed by atoms with Crippen molar-refractivity contribution in [3.8, 4) is 11.4 Å². The number of aryl methyl sites for hydroxylation is 1. The maximum atomic E-state index is 15.3. The normalized spacial score (nSPS) is 16.2. The lowest BCUT2D eigenvalue weighted by Crippen LogP contribution is -2.50. The van der Waals surface area contributed by atoms with E-state index in [1.54, 1.807) is 34.8 Å². The predicted octanol–water partition coefficient (Wildman–Crippen LogP) is 2.98. The smallest absolute Gasteiger partial charge is 0.259 e. The van der Waals surface area contributed by atoms with Crippen LogP contribution in [0.1, 0.15) is 21.5 Å². The molecule has 0 saturated carbocycles. The van der Waals surface area contributed by atoms with Crippen molar-refractivity contribution in [1.29, 1.82) is 0 Å². The molecular weight excluding hydrogens is 423 g/mol. The highest BCUT2D eigenvalue weighted by atomic mass is 19.1. The monoisotopic (exact) mass is 446 g/mol. The SMILES string of the molecule is Cc1ccc(-n2nccn2)c(C(=O)N2CCOC[C@H]2Cc2cccc(-n3cccn3)c2)c1F. The molecule has 1 saturated heterocycles. The molecule has 1 aliphatic heterocycles. The van der Waals surface area contributed by atoms with Crippen molar-refractivity contribution in [1.82, 2.24) is 29.7 Å². The Hall–Kier alpha value is -3.85. The number of hydrogen-bond acceptors (Lipinski definition) is 5. The zero-order valence-electron chi connectivity index (χ0n) is 18.1. The molecule has 9 heteroatoms. The van der Waals surface area contributed by atoms with Crippen molar-refractivity contribution in [2.24, 2.45) is 0 Å². The average Bonchev–Trinajstić information content (AvgIpc) is 3.56. The lowest BCUT2D eigenvalue weighted by molar-refractivity contribution is -0.00189. The van der Waals surface area contributed by atoms with Gasteiger partial charge in [-0.15, -0.1) is 0 Å². The molecule has 0 spiro atoms. The number of hydrogen-bond donors (Lipinski definition) is 0. The second-order valence-corrected chi connectivity index (χ2v) is 7.96. The predicted molar refractivity (Wildman–Crippen MR) is 119 cm³/mol. The van der Waals surface area contributed by atoms with Crippen LogP contribution >= 0.6 is 0 Å². The highest BCUT2D eigenvalue weighted by Gasteiger charge is 2.32. The third-order valence-corrected chi connectivity index (χ3v) is 5.80. The topological polar surface area (TPSA) is 78.1 Å². The van der Waals surface area contributed by atoms with Crippen molar-refractivity contribution in [3.63, 3.8) is 0 Å². The first-order chi connectivity index (χ1) is 16.1. The molecule has 5 rings (SSSR count). The zero-order valence-corrected chi connectivity index (χ0v) is 18.1. The number of nitrogens with zero attached hydrogens (tertiary/aromatic N) is 6. The van der Waals surface area contributed by atoms with E-state index in [1.165, 1.54) is 17.2 Å². The third-order valence-electron chi connectivity index (χ3n) is 5.80. The molecule has 1 fully saturated rings. The number of morpholine rings is 1. The first-order valence-corrected chi connectivity index (χ1v) is 10.8. The van der Waals surface area contributed by atoms with Crippen LogP contribution in [-0.4, -0.2) is 61.4 Å². The lowest BCUT2D eigenvalue weighted by Gasteiger charge is -2.36. The minimum absolute atomic E-state index is 0.0246. The Labute approximate surface area is 190 Å². The Morgan fingerprint density at radius 3 is 2.76 bits per heavy atom. The van der Waals surface area contributed by atoms with Gasteiger partial charge < -0.3 is 9.64 Å². The number of ether oxygens (including phenoxy) is 1. The minimum atomic E-state index is -0.555. The quantitative estimate of drug-likeness (QED) is 0.471. The second kappa shape index (κ2) is 8.95. The maximum Gasteiger partial charge on any atom is 0.259 e. The van der Waals surface area contributed by atoms with Crippen LogP contribution in [0.2, 0.25) is 0 Å². The molecule has 168 valence electrons. The van der Waals surface area contributed by atoms with Crippen LogP contribution in [0.15, 0.2) is 67.3 Å². The van der Waals surface area contributed by atoms with E-state index in [-0.39, 0.29) is 17.5 Å². The summed E-state index contributed by atoms with van der Waals surface area (Å²) < 4.78 is 22.7. The van der Waals surface area contributed by atoms with Crippen molar-refractivity contribution < 1.29 is 13.9 Å². The molecule has 2 aromatic heterocycles. The Morgan fingerprint density at radius 2 is 1.97 bits per heavy atom. The molecule has 33 heavy (non-hydrogen) atoms. The van der Waals surface area contributed by atoms with Crippen molar-refractivity contribution in [3.05, 3.63) is 89.8 Å². The standard InChI is InChI=1S/C24H23FN6O2/c1-17-6-7-21(31-27-9-10-28-31)22(23(17)25)24(32)29-12-13-33-16-20(29)15-18-4-2-5-19(14-18)30-11-3-8-26-30/h2-11,14,20H,12-13,15-16H2,1H3/t20-/m1/s1. The lowest BCUT2D eigenvalue weighted by atomic mass is 10.0. The molecule has 4 aromatic rings. The zero-order chi connectivity index (χ0) is 22.8. The van der Waals surface area contributed by atoms with Crippen molar-refractivity contribution in [2.45, 2.75) is 19.4 Å². The van der Waals surface area contributed by atoms with Gasteiger partial charge in [-0.25, -0.2) is 9.07 Å². The van der Waals surface area contributed by atoms with E-state index in [2.05, 4.69) is 15.3 Å². The molecule has 0 N–H and O–H groups in total. The van der Waals surface area contributed by atoms with Gasteiger partial charge in [-0.05, 0) is 48.7 Å². The average molecular weight is 446 g/mol. The molecule has 1 atom stereocenters. The molecule has 8 nitrogen and oxygen atoms in total. The van der Waals surface area contributed by atoms with Crippen molar-refractivity contribution >= 4 is 5.91 Å². The number of aromatic nitrogens is 5. The van der Waals surface area contributed by atoms with Crippen LogP contribution in [0.3, 0.4) is 0 Å². The van der Waals surface area contributed by atoms with Gasteiger partial charge in [0.05, 0.1) is 37.3 Å². The first-order valence-electron chi connectivity index (χ1n) is 10.8. The fourth-order valence-corrected chi connectivity index (χ4v) is 4.13. The van der Waals surface area contributed by atoms with Gasteiger partial charge in [-0.3, -0.25) is 4.79 Å². The molecule has 0 unspecified atom stereocenters. The van der Waals surface area contributed by atoms with Gasteiger partial charge in [0.1, 0.15) is 17.1 Å². The fourth-order valence-electron chi connectivity index (χ4n) is 4.13. The molecule has 1 aliphatic rings. The largest absolute Gasteiger partial charge is 0.377 e. The second-order valence-electron chi connectivity index (χ2n) is 7.96. The van der Waals surface area contributed by atoms with E-state index in [0.717, 1.165) is 11.3 Å². The van der Waals surface area contributed by atoms with Gasteiger partial charge in [0.15, 0.2) is 0 Å². The summed E-state index contributed by atoms with van der Waals surface area (Å²) in [5.74, 6) is -0.944. The van der Waals surface area contributed by atoms with E-state index < -0.39 is 5.82 Å². The first kappa shape index (κ1) is 21.0. The maximum absolute atomic E-state index is 15.3. The van der Waals surface area contributed by atoms with Crippen LogP contribution in [0.5, 0.6) is 0 Å². The van der Waals surface area contributed by atoms with Crippen LogP contribution in [0, 0.1) is 12.7 Å². The van der Waals surface area contributed by atoms with Crippen LogP contribution in [-0.2, 0) is 11.2 Å². The van der Waals surface area contributed by atoms with Gasteiger partial charge in [-0.2, -0.15) is 20.1 Å². The highest BCUT2D eigenvalue weighted by molar-refractivity contribution is 5.98. The summed E-state index contributed by atoms with van der Waals surface area (Å²) in [4.78, 5) is 16.7. The van der Waals surface area contributed by atoms with Crippen LogP contribution < -0.4 is 0 Å². The van der Waals surface area contributed by atoms with E-state index in [0.29, 0.717) is 37.4 Å². The number of carbonyl (C=O) groups excluding carboxylic acids is 1. The summed E-state index contributed by atoms with van der Waals surface area (Å²) in [5.41, 5.74) is 2.66. The number of halogens is 1. The molecule has 0 radical (unpaired) electrons. The molecule has 0 bridgehead atoms. The molecule has 2 aromatic carbocycles. The summed E-state index contributed by atoms with van der Waals surface area (Å²) in [7, 11) is 0. The Morgan fingerprint density at radius 1 is 1.12 bits per heavy atom. The summed E-state index contributed by atoms with van der Waals surface area (Å²) >= 11 is 0. The summed E-state index contributed by atoms with van der Waals surface area (Å²) in [5, 5.41) is 12.5.